The summed E-state index contributed by atoms with van der Waals surface area (Å²) in [4.78, 5) is 4.37. The molecule has 0 spiro atoms. The summed E-state index contributed by atoms with van der Waals surface area (Å²) in [6.07, 6.45) is 6.66. The molecule has 0 aliphatic heterocycles. The Morgan fingerprint density at radius 2 is 2.36 bits per heavy atom. The summed E-state index contributed by atoms with van der Waals surface area (Å²) >= 11 is 0. The van der Waals surface area contributed by atoms with Crippen LogP contribution in [0.4, 0.5) is 0 Å². The average Bonchev–Trinajstić information content (AvgIpc) is 2.87. The highest BCUT2D eigenvalue weighted by molar-refractivity contribution is 4.99. The second kappa shape index (κ2) is 4.13. The smallest absolute Gasteiger partial charge is 0.122 e. The monoisotopic (exact) mass is 193 g/mol. The Hall–Kier alpha value is -0.830. The Morgan fingerprint density at radius 3 is 3.00 bits per heavy atom. The number of nitrogens with zero attached hydrogens (tertiary/aromatic N) is 2. The Bertz CT molecular complexity index is 286. The van der Waals surface area contributed by atoms with Crippen LogP contribution in [0.15, 0.2) is 12.4 Å². The lowest BCUT2D eigenvalue weighted by molar-refractivity contribution is 0.529. The lowest BCUT2D eigenvalue weighted by Gasteiger charge is -2.09. The Labute approximate surface area is 85.5 Å². The fourth-order valence-electron chi connectivity index (χ4n) is 1.64. The van der Waals surface area contributed by atoms with Crippen LogP contribution in [-0.4, -0.2) is 16.1 Å². The number of nitrogens with one attached hydrogen (secondary N) is 1. The van der Waals surface area contributed by atoms with Gasteiger partial charge in [0.1, 0.15) is 5.82 Å². The molecule has 0 atom stereocenters. The van der Waals surface area contributed by atoms with Crippen LogP contribution in [0.1, 0.15) is 38.6 Å². The van der Waals surface area contributed by atoms with Crippen molar-refractivity contribution in [2.45, 2.75) is 39.3 Å². The summed E-state index contributed by atoms with van der Waals surface area (Å²) in [6.45, 7) is 6.42. The predicted molar refractivity (Wildman–Crippen MR) is 57.0 cm³/mol. The summed E-state index contributed by atoms with van der Waals surface area (Å²) in [6, 6.07) is 0.744. The van der Waals surface area contributed by atoms with Crippen LogP contribution in [0, 0.1) is 5.92 Å². The molecule has 78 valence electrons. The van der Waals surface area contributed by atoms with Crippen molar-refractivity contribution in [2.24, 2.45) is 5.92 Å². The highest BCUT2D eigenvalue weighted by Crippen LogP contribution is 2.35. The summed E-state index contributed by atoms with van der Waals surface area (Å²) in [5.41, 5.74) is 0. The fourth-order valence-corrected chi connectivity index (χ4v) is 1.64. The first-order valence-corrected chi connectivity index (χ1v) is 5.50. The summed E-state index contributed by atoms with van der Waals surface area (Å²) in [5, 5.41) is 3.43. The van der Waals surface area contributed by atoms with Crippen molar-refractivity contribution in [3.63, 3.8) is 0 Å². The third-order valence-electron chi connectivity index (χ3n) is 2.52. The standard InChI is InChI=1S/C11H19N3/c1-9(2)7-12-8-11-13-5-6-14(11)10-3-4-10/h5-6,9-10,12H,3-4,7-8H2,1-2H3. The molecular weight excluding hydrogens is 174 g/mol. The van der Waals surface area contributed by atoms with Crippen LogP contribution < -0.4 is 5.32 Å². The summed E-state index contributed by atoms with van der Waals surface area (Å²) in [5.74, 6) is 1.90. The van der Waals surface area contributed by atoms with Gasteiger partial charge in [0.05, 0.1) is 6.54 Å². The largest absolute Gasteiger partial charge is 0.331 e. The van der Waals surface area contributed by atoms with Crippen LogP contribution in [-0.2, 0) is 6.54 Å². The van der Waals surface area contributed by atoms with Crippen molar-refractivity contribution in [1.29, 1.82) is 0 Å². The first-order chi connectivity index (χ1) is 6.77. The number of aromatic nitrogens is 2. The summed E-state index contributed by atoms with van der Waals surface area (Å²) < 4.78 is 2.31. The molecule has 1 fully saturated rings. The minimum atomic E-state index is 0.708. The highest BCUT2D eigenvalue weighted by Gasteiger charge is 2.24. The van der Waals surface area contributed by atoms with E-state index in [1.165, 1.54) is 18.7 Å². The van der Waals surface area contributed by atoms with E-state index in [-0.39, 0.29) is 0 Å². The molecule has 0 amide bonds. The molecule has 2 rings (SSSR count). The molecule has 1 saturated carbocycles. The topological polar surface area (TPSA) is 29.9 Å². The van der Waals surface area contributed by atoms with Gasteiger partial charge in [0.25, 0.3) is 0 Å². The van der Waals surface area contributed by atoms with E-state index in [0.717, 1.165) is 19.1 Å². The molecule has 1 aliphatic carbocycles. The van der Waals surface area contributed by atoms with E-state index in [1.807, 2.05) is 6.20 Å². The quantitative estimate of drug-likeness (QED) is 0.774. The van der Waals surface area contributed by atoms with Crippen LogP contribution in [0.5, 0.6) is 0 Å². The van der Waals surface area contributed by atoms with Gasteiger partial charge in [0.15, 0.2) is 0 Å². The van der Waals surface area contributed by atoms with Crippen molar-refractivity contribution in [3.05, 3.63) is 18.2 Å². The molecule has 0 saturated heterocycles. The van der Waals surface area contributed by atoms with Gasteiger partial charge < -0.3 is 9.88 Å². The van der Waals surface area contributed by atoms with Crippen molar-refractivity contribution < 1.29 is 0 Å². The zero-order valence-corrected chi connectivity index (χ0v) is 9.03. The van der Waals surface area contributed by atoms with E-state index < -0.39 is 0 Å². The normalized spacial score (nSPS) is 16.5. The van der Waals surface area contributed by atoms with Gasteiger partial charge >= 0.3 is 0 Å². The van der Waals surface area contributed by atoms with Crippen molar-refractivity contribution in [2.75, 3.05) is 6.54 Å². The van der Waals surface area contributed by atoms with Gasteiger partial charge in [-0.2, -0.15) is 0 Å². The van der Waals surface area contributed by atoms with Gasteiger partial charge in [0.2, 0.25) is 0 Å². The molecule has 1 aromatic heterocycles. The molecular formula is C11H19N3. The average molecular weight is 193 g/mol. The Balaban J connectivity index is 1.85. The van der Waals surface area contributed by atoms with Crippen molar-refractivity contribution in [1.82, 2.24) is 14.9 Å². The van der Waals surface area contributed by atoms with Crippen LogP contribution >= 0.6 is 0 Å². The van der Waals surface area contributed by atoms with Crippen molar-refractivity contribution in [3.8, 4) is 0 Å². The molecule has 0 aromatic carbocycles. The zero-order valence-electron chi connectivity index (χ0n) is 9.03. The maximum Gasteiger partial charge on any atom is 0.122 e. The lowest BCUT2D eigenvalue weighted by atomic mass is 10.2. The van der Waals surface area contributed by atoms with Crippen LogP contribution in [0.3, 0.4) is 0 Å². The van der Waals surface area contributed by atoms with Crippen LogP contribution in [0.25, 0.3) is 0 Å². The molecule has 0 radical (unpaired) electrons. The summed E-state index contributed by atoms with van der Waals surface area (Å²) in [7, 11) is 0. The van der Waals surface area contributed by atoms with E-state index >= 15 is 0 Å². The van der Waals surface area contributed by atoms with Gasteiger partial charge in [0, 0.05) is 18.4 Å². The molecule has 1 aliphatic rings. The molecule has 3 heteroatoms. The zero-order chi connectivity index (χ0) is 9.97. The van der Waals surface area contributed by atoms with Crippen LogP contribution in [0.2, 0.25) is 0 Å². The van der Waals surface area contributed by atoms with E-state index in [4.69, 9.17) is 0 Å². The molecule has 1 heterocycles. The second-order valence-corrected chi connectivity index (χ2v) is 4.51. The van der Waals surface area contributed by atoms with E-state index in [1.54, 1.807) is 0 Å². The molecule has 14 heavy (non-hydrogen) atoms. The van der Waals surface area contributed by atoms with Gasteiger partial charge in [-0.15, -0.1) is 0 Å². The lowest BCUT2D eigenvalue weighted by Crippen LogP contribution is -2.21. The Morgan fingerprint density at radius 1 is 1.57 bits per heavy atom. The molecule has 1 aromatic rings. The molecule has 3 nitrogen and oxygen atoms in total. The Kier molecular flexibility index (Phi) is 2.87. The minimum absolute atomic E-state index is 0.708. The van der Waals surface area contributed by atoms with E-state index in [9.17, 15) is 0 Å². The van der Waals surface area contributed by atoms with Gasteiger partial charge in [-0.05, 0) is 25.3 Å². The van der Waals surface area contributed by atoms with Gasteiger partial charge in [-0.3, -0.25) is 0 Å². The van der Waals surface area contributed by atoms with E-state index in [0.29, 0.717) is 5.92 Å². The van der Waals surface area contributed by atoms with Gasteiger partial charge in [-0.1, -0.05) is 13.8 Å². The molecule has 1 N–H and O–H groups in total. The van der Waals surface area contributed by atoms with Crippen molar-refractivity contribution >= 4 is 0 Å². The number of imidazole rings is 1. The molecule has 0 unspecified atom stereocenters. The SMILES string of the molecule is CC(C)CNCc1nccn1C1CC1. The minimum Gasteiger partial charge on any atom is -0.331 e. The first kappa shape index (κ1) is 9.71. The maximum atomic E-state index is 4.37. The highest BCUT2D eigenvalue weighted by atomic mass is 15.1. The third-order valence-corrected chi connectivity index (χ3v) is 2.52. The third kappa shape index (κ3) is 2.35. The fraction of sp³-hybridized carbons (Fsp3) is 0.727. The molecule has 0 bridgehead atoms. The second-order valence-electron chi connectivity index (χ2n) is 4.51. The van der Waals surface area contributed by atoms with Gasteiger partial charge in [-0.25, -0.2) is 4.98 Å². The van der Waals surface area contributed by atoms with E-state index in [2.05, 4.69) is 34.9 Å². The number of hydrogen-bond donors (Lipinski definition) is 1. The maximum absolute atomic E-state index is 4.37. The first-order valence-electron chi connectivity index (χ1n) is 5.50. The predicted octanol–water partition coefficient (Wildman–Crippen LogP) is 1.96. The number of rotatable bonds is 5. The number of hydrogen-bond acceptors (Lipinski definition) is 2.